The van der Waals surface area contributed by atoms with Gasteiger partial charge >= 0.3 is 11.9 Å². The van der Waals surface area contributed by atoms with Crippen molar-refractivity contribution in [2.24, 2.45) is 0 Å². The Balaban J connectivity index is 1.49. The number of carbonyl (C=O) groups excluding carboxylic acids is 1. The average molecular weight is 549 g/mol. The lowest BCUT2D eigenvalue weighted by Gasteiger charge is -2.41. The summed E-state index contributed by atoms with van der Waals surface area (Å²) in [6.07, 6.45) is 5.31. The number of rotatable bonds is 10. The van der Waals surface area contributed by atoms with Gasteiger partial charge in [0, 0.05) is 46.4 Å². The zero-order valence-electron chi connectivity index (χ0n) is 22.5. The molecule has 0 bridgehead atoms. The van der Waals surface area contributed by atoms with Gasteiger partial charge in [-0.15, -0.1) is 0 Å². The Morgan fingerprint density at radius 3 is 2.45 bits per heavy atom. The summed E-state index contributed by atoms with van der Waals surface area (Å²) in [6, 6.07) is 7.32. The predicted molar refractivity (Wildman–Crippen MR) is 142 cm³/mol. The van der Waals surface area contributed by atoms with Gasteiger partial charge in [0.05, 0.1) is 6.10 Å². The summed E-state index contributed by atoms with van der Waals surface area (Å²) in [5, 5.41) is 19.7. The second-order valence-corrected chi connectivity index (χ2v) is 17.4. The highest BCUT2D eigenvalue weighted by Crippen LogP contribution is 2.48. The number of hydrogen-bond donors (Lipinski definition) is 2. The Kier molecular flexibility index (Phi) is 8.98. The van der Waals surface area contributed by atoms with Gasteiger partial charge in [-0.1, -0.05) is 38.2 Å². The van der Waals surface area contributed by atoms with Gasteiger partial charge in [-0.05, 0) is 42.7 Å². The molecule has 1 saturated heterocycles. The maximum Gasteiger partial charge on any atom is 0.336 e. The van der Waals surface area contributed by atoms with Crippen LogP contribution in [0.2, 0.25) is 25.7 Å². The second-order valence-electron chi connectivity index (χ2n) is 11.8. The van der Waals surface area contributed by atoms with Crippen molar-refractivity contribution in [3.63, 3.8) is 0 Å². The first kappa shape index (κ1) is 28.8. The van der Waals surface area contributed by atoms with Crippen LogP contribution in [0.25, 0.3) is 6.08 Å². The van der Waals surface area contributed by atoms with E-state index in [2.05, 4.69) is 19.6 Å². The molecule has 9 nitrogen and oxygen atoms in total. The highest BCUT2D eigenvalue weighted by atomic mass is 28.3. The molecule has 10 heteroatoms. The summed E-state index contributed by atoms with van der Waals surface area (Å²) in [5.41, 5.74) is -0.920. The van der Waals surface area contributed by atoms with Crippen molar-refractivity contribution in [2.75, 3.05) is 13.4 Å². The first-order valence-corrected chi connectivity index (χ1v) is 17.2. The highest BCUT2D eigenvalue weighted by molar-refractivity contribution is 6.76. The lowest BCUT2D eigenvalue weighted by molar-refractivity contribution is -0.214. The van der Waals surface area contributed by atoms with E-state index in [1.807, 2.05) is 0 Å². The van der Waals surface area contributed by atoms with E-state index >= 15 is 0 Å². The lowest BCUT2D eigenvalue weighted by Crippen LogP contribution is -2.57. The Morgan fingerprint density at radius 2 is 1.79 bits per heavy atom. The molecule has 2 N–H and O–H groups in total. The zero-order chi connectivity index (χ0) is 27.4. The maximum absolute atomic E-state index is 12.8. The van der Waals surface area contributed by atoms with Gasteiger partial charge in [-0.3, -0.25) is 0 Å². The van der Waals surface area contributed by atoms with Crippen molar-refractivity contribution in [1.82, 2.24) is 0 Å². The standard InChI is InChI=1S/C28H40O9Si/c1-38(2,3)16-15-33-19-34-27(26(31)32)17-22(35-24(30)12-9-20-7-10-21(29)11-8-20)25-23(18-27)36-28(37-25)13-5-4-6-14-28/h7-12,22-23,25,29H,4-6,13-19H2,1-3H3,(H,31,32)/b12-9+/t22-,23-,25+,27-/m1/s1. The van der Waals surface area contributed by atoms with Crippen molar-refractivity contribution in [3.05, 3.63) is 35.9 Å². The fourth-order valence-corrected chi connectivity index (χ4v) is 6.09. The molecule has 2 saturated carbocycles. The topological polar surface area (TPSA) is 121 Å². The van der Waals surface area contributed by atoms with Crippen molar-refractivity contribution in [2.45, 2.75) is 100 Å². The third-order valence-corrected chi connectivity index (χ3v) is 9.21. The number of carbonyl (C=O) groups is 2. The third-order valence-electron chi connectivity index (χ3n) is 7.50. The number of benzene rings is 1. The molecule has 1 aromatic carbocycles. The van der Waals surface area contributed by atoms with E-state index in [4.69, 9.17) is 23.7 Å². The summed E-state index contributed by atoms with van der Waals surface area (Å²) >= 11 is 0. The number of esters is 1. The molecule has 0 unspecified atom stereocenters. The highest BCUT2D eigenvalue weighted by Gasteiger charge is 2.61. The van der Waals surface area contributed by atoms with Gasteiger partial charge in [-0.2, -0.15) is 0 Å². The minimum atomic E-state index is -1.63. The van der Waals surface area contributed by atoms with E-state index in [0.29, 0.717) is 12.2 Å². The van der Waals surface area contributed by atoms with Crippen LogP contribution in [0.15, 0.2) is 30.3 Å². The van der Waals surface area contributed by atoms with E-state index in [1.54, 1.807) is 18.2 Å². The minimum absolute atomic E-state index is 0.0703. The van der Waals surface area contributed by atoms with Crippen molar-refractivity contribution in [3.8, 4) is 5.75 Å². The Bertz CT molecular complexity index is 997. The molecule has 0 amide bonds. The molecule has 2 aliphatic carbocycles. The predicted octanol–water partition coefficient (Wildman–Crippen LogP) is 4.71. The molecule has 1 aliphatic heterocycles. The number of aromatic hydroxyl groups is 1. The van der Waals surface area contributed by atoms with Crippen LogP contribution in [0.3, 0.4) is 0 Å². The number of phenols is 1. The van der Waals surface area contributed by atoms with Crippen molar-refractivity contribution in [1.29, 1.82) is 0 Å². The molecule has 4 atom stereocenters. The maximum atomic E-state index is 12.8. The Hall–Kier alpha value is -2.24. The van der Waals surface area contributed by atoms with Crippen LogP contribution in [0.1, 0.15) is 50.5 Å². The van der Waals surface area contributed by atoms with Crippen LogP contribution in [-0.2, 0) is 33.3 Å². The van der Waals surface area contributed by atoms with Crippen LogP contribution in [0, 0.1) is 0 Å². The monoisotopic (exact) mass is 548 g/mol. The zero-order valence-corrected chi connectivity index (χ0v) is 23.5. The molecule has 1 spiro atoms. The number of ether oxygens (including phenoxy) is 5. The number of phenolic OH excluding ortho intramolecular Hbond substituents is 1. The van der Waals surface area contributed by atoms with Crippen LogP contribution < -0.4 is 0 Å². The van der Waals surface area contributed by atoms with E-state index in [0.717, 1.165) is 38.1 Å². The molecule has 210 valence electrons. The number of hydrogen-bond acceptors (Lipinski definition) is 8. The summed E-state index contributed by atoms with van der Waals surface area (Å²) in [4.78, 5) is 25.4. The molecule has 3 fully saturated rings. The second kappa shape index (κ2) is 11.9. The molecule has 38 heavy (non-hydrogen) atoms. The summed E-state index contributed by atoms with van der Waals surface area (Å²) in [5.74, 6) is -2.41. The summed E-state index contributed by atoms with van der Waals surface area (Å²) in [7, 11) is -1.30. The van der Waals surface area contributed by atoms with Crippen molar-refractivity contribution >= 4 is 26.1 Å². The Labute approximate surface area is 225 Å². The quantitative estimate of drug-likeness (QED) is 0.141. The Morgan fingerprint density at radius 1 is 1.08 bits per heavy atom. The first-order valence-electron chi connectivity index (χ1n) is 13.5. The number of aliphatic carboxylic acids is 1. The van der Waals surface area contributed by atoms with E-state index in [9.17, 15) is 19.8 Å². The lowest BCUT2D eigenvalue weighted by atomic mass is 9.79. The number of fused-ring (bicyclic) bond motifs is 1. The molecule has 3 aliphatic rings. The fourth-order valence-electron chi connectivity index (χ4n) is 5.34. The summed E-state index contributed by atoms with van der Waals surface area (Å²) in [6.45, 7) is 7.06. The third kappa shape index (κ3) is 7.23. The first-order chi connectivity index (χ1) is 18.0. The van der Waals surface area contributed by atoms with Gasteiger partial charge in [0.25, 0.3) is 0 Å². The SMILES string of the molecule is C[Si](C)(C)CCOCO[C@]1(C(=O)O)C[C@@H](OC(=O)/C=C/c2ccc(O)cc2)[C@@H]2OC3(CCCCC3)O[C@@H]2C1. The van der Waals surface area contributed by atoms with Crippen LogP contribution >= 0.6 is 0 Å². The van der Waals surface area contributed by atoms with Gasteiger partial charge in [0.2, 0.25) is 0 Å². The molecule has 1 aromatic rings. The summed E-state index contributed by atoms with van der Waals surface area (Å²) < 4.78 is 30.2. The smallest absolute Gasteiger partial charge is 0.336 e. The number of carboxylic acid groups (broad SMARTS) is 1. The number of carboxylic acids is 1. The van der Waals surface area contributed by atoms with E-state index < -0.39 is 49.7 Å². The molecular weight excluding hydrogens is 508 g/mol. The van der Waals surface area contributed by atoms with Gasteiger partial charge in [0.15, 0.2) is 11.4 Å². The van der Waals surface area contributed by atoms with E-state index in [1.165, 1.54) is 18.2 Å². The van der Waals surface area contributed by atoms with Crippen LogP contribution in [0.4, 0.5) is 0 Å². The van der Waals surface area contributed by atoms with Gasteiger partial charge in [-0.25, -0.2) is 9.59 Å². The molecule has 0 radical (unpaired) electrons. The molecule has 4 rings (SSSR count). The van der Waals surface area contributed by atoms with E-state index in [-0.39, 0.29) is 25.4 Å². The van der Waals surface area contributed by atoms with Gasteiger partial charge < -0.3 is 33.9 Å². The fraction of sp³-hybridized carbons (Fsp3) is 0.643. The normalized spacial score (nSPS) is 28.9. The molecular formula is C28H40O9Si. The van der Waals surface area contributed by atoms with Crippen molar-refractivity contribution < 1.29 is 43.5 Å². The average Bonchev–Trinajstić information content (AvgIpc) is 3.20. The largest absolute Gasteiger partial charge is 0.508 e. The van der Waals surface area contributed by atoms with Crippen LogP contribution in [0.5, 0.6) is 5.75 Å². The van der Waals surface area contributed by atoms with Gasteiger partial charge in [0.1, 0.15) is 24.8 Å². The van der Waals surface area contributed by atoms with Crippen LogP contribution in [-0.4, -0.2) is 73.3 Å². The minimum Gasteiger partial charge on any atom is -0.508 e. The molecule has 0 aromatic heterocycles. The molecule has 1 heterocycles.